The number of imide groups is 1. The molecule has 1 aliphatic carbocycles. The van der Waals surface area contributed by atoms with E-state index in [2.05, 4.69) is 24.6 Å². The van der Waals surface area contributed by atoms with Crippen molar-refractivity contribution in [2.75, 3.05) is 11.4 Å². The van der Waals surface area contributed by atoms with Crippen LogP contribution in [0.25, 0.3) is 0 Å². The van der Waals surface area contributed by atoms with E-state index in [0.717, 1.165) is 41.9 Å². The standard InChI is InChI=1S/C23H30N4O4/c1-3-15(2)17-9-5-6-10-18(17)26-14-16(13-19(26)28)20(29)25-27-21(30)23(24-22(27)31)11-7-4-8-12-23/h5-6,9-10,15-16H,3-4,7-8,11-14H2,1-2H3,(H,24,31)(H,25,29). The summed E-state index contributed by atoms with van der Waals surface area (Å²) in [6, 6.07) is 7.17. The third-order valence-corrected chi connectivity index (χ3v) is 6.96. The minimum absolute atomic E-state index is 0.0511. The van der Waals surface area contributed by atoms with Crippen molar-refractivity contribution in [1.29, 1.82) is 0 Å². The molecule has 2 N–H and O–H groups in total. The second-order valence-corrected chi connectivity index (χ2v) is 8.96. The van der Waals surface area contributed by atoms with Crippen molar-refractivity contribution in [2.45, 2.75) is 70.3 Å². The quantitative estimate of drug-likeness (QED) is 0.708. The van der Waals surface area contributed by atoms with Gasteiger partial charge in [0.15, 0.2) is 0 Å². The summed E-state index contributed by atoms with van der Waals surface area (Å²) < 4.78 is 0. The van der Waals surface area contributed by atoms with Gasteiger partial charge in [-0.25, -0.2) is 4.79 Å². The van der Waals surface area contributed by atoms with E-state index in [0.29, 0.717) is 12.8 Å². The summed E-state index contributed by atoms with van der Waals surface area (Å²) in [6.45, 7) is 4.44. The molecule has 0 aromatic heterocycles. The van der Waals surface area contributed by atoms with Crippen molar-refractivity contribution in [1.82, 2.24) is 15.8 Å². The Morgan fingerprint density at radius 1 is 1.19 bits per heavy atom. The number of hydrogen-bond donors (Lipinski definition) is 2. The number of amides is 5. The Balaban J connectivity index is 1.46. The second-order valence-electron chi connectivity index (χ2n) is 8.96. The van der Waals surface area contributed by atoms with Crippen LogP contribution in [-0.4, -0.2) is 40.8 Å². The van der Waals surface area contributed by atoms with Gasteiger partial charge in [0.1, 0.15) is 5.54 Å². The molecule has 2 unspecified atom stereocenters. The molecule has 166 valence electrons. The topological polar surface area (TPSA) is 98.8 Å². The van der Waals surface area contributed by atoms with E-state index in [1.54, 1.807) is 4.90 Å². The minimum atomic E-state index is -0.893. The highest BCUT2D eigenvalue weighted by atomic mass is 16.2. The lowest BCUT2D eigenvalue weighted by molar-refractivity contribution is -0.141. The normalized spacial score (nSPS) is 23.9. The van der Waals surface area contributed by atoms with Gasteiger partial charge >= 0.3 is 6.03 Å². The molecule has 2 heterocycles. The van der Waals surface area contributed by atoms with Crippen molar-refractivity contribution in [2.24, 2.45) is 5.92 Å². The van der Waals surface area contributed by atoms with Crippen LogP contribution in [-0.2, 0) is 14.4 Å². The number of hydrogen-bond acceptors (Lipinski definition) is 4. The molecular formula is C23H30N4O4. The molecule has 4 rings (SSSR count). The molecule has 8 heteroatoms. The van der Waals surface area contributed by atoms with Crippen molar-refractivity contribution < 1.29 is 19.2 Å². The average Bonchev–Trinajstić information content (AvgIpc) is 3.27. The SMILES string of the molecule is CCC(C)c1ccccc1N1CC(C(=O)NN2C(=O)NC3(CCCCC3)C2=O)CC1=O. The summed E-state index contributed by atoms with van der Waals surface area (Å²) in [6.07, 6.45) is 4.95. The Labute approximate surface area is 182 Å². The zero-order valence-corrected chi connectivity index (χ0v) is 18.1. The van der Waals surface area contributed by atoms with Gasteiger partial charge in [-0.05, 0) is 36.8 Å². The Bertz CT molecular complexity index is 909. The van der Waals surface area contributed by atoms with E-state index in [1.807, 2.05) is 24.3 Å². The summed E-state index contributed by atoms with van der Waals surface area (Å²) in [7, 11) is 0. The molecule has 1 spiro atoms. The maximum Gasteiger partial charge on any atom is 0.344 e. The number of nitrogens with one attached hydrogen (secondary N) is 2. The molecule has 0 radical (unpaired) electrons. The lowest BCUT2D eigenvalue weighted by atomic mass is 9.82. The van der Waals surface area contributed by atoms with Gasteiger partial charge in [-0.1, -0.05) is 51.3 Å². The van der Waals surface area contributed by atoms with Crippen LogP contribution in [0.2, 0.25) is 0 Å². The Kier molecular flexibility index (Phi) is 5.73. The fourth-order valence-corrected chi connectivity index (χ4v) is 4.90. The summed E-state index contributed by atoms with van der Waals surface area (Å²) in [5, 5.41) is 3.59. The first-order valence-electron chi connectivity index (χ1n) is 11.2. The first kappa shape index (κ1) is 21.3. The number of nitrogens with zero attached hydrogens (tertiary/aromatic N) is 2. The molecule has 3 aliphatic rings. The maximum absolute atomic E-state index is 12.9. The molecule has 2 aliphatic heterocycles. The number of carbonyl (C=O) groups excluding carboxylic acids is 4. The zero-order chi connectivity index (χ0) is 22.2. The Morgan fingerprint density at radius 2 is 1.90 bits per heavy atom. The predicted molar refractivity (Wildman–Crippen MR) is 115 cm³/mol. The van der Waals surface area contributed by atoms with Crippen molar-refractivity contribution >= 4 is 29.4 Å². The molecular weight excluding hydrogens is 396 g/mol. The summed E-state index contributed by atoms with van der Waals surface area (Å²) >= 11 is 0. The van der Waals surface area contributed by atoms with Crippen LogP contribution in [0, 0.1) is 5.92 Å². The molecule has 31 heavy (non-hydrogen) atoms. The zero-order valence-electron chi connectivity index (χ0n) is 18.1. The average molecular weight is 427 g/mol. The first-order chi connectivity index (χ1) is 14.9. The fourth-order valence-electron chi connectivity index (χ4n) is 4.90. The van der Waals surface area contributed by atoms with E-state index in [1.165, 1.54) is 0 Å². The highest BCUT2D eigenvalue weighted by molar-refractivity contribution is 6.08. The molecule has 2 saturated heterocycles. The van der Waals surface area contributed by atoms with Gasteiger partial charge in [0.25, 0.3) is 5.91 Å². The number of urea groups is 1. The van der Waals surface area contributed by atoms with Gasteiger partial charge in [-0.3, -0.25) is 19.8 Å². The third-order valence-electron chi connectivity index (χ3n) is 6.96. The van der Waals surface area contributed by atoms with E-state index >= 15 is 0 Å². The number of benzene rings is 1. The fraction of sp³-hybridized carbons (Fsp3) is 0.565. The van der Waals surface area contributed by atoms with Crippen LogP contribution in [0.1, 0.15) is 70.3 Å². The van der Waals surface area contributed by atoms with E-state index < -0.39 is 29.3 Å². The van der Waals surface area contributed by atoms with Crippen LogP contribution in [0.3, 0.4) is 0 Å². The molecule has 5 amide bonds. The molecule has 1 aromatic carbocycles. The Morgan fingerprint density at radius 3 is 2.61 bits per heavy atom. The first-order valence-corrected chi connectivity index (χ1v) is 11.2. The van der Waals surface area contributed by atoms with E-state index in [4.69, 9.17) is 0 Å². The Hall–Kier alpha value is -2.90. The van der Waals surface area contributed by atoms with Crippen LogP contribution < -0.4 is 15.6 Å². The predicted octanol–water partition coefficient (Wildman–Crippen LogP) is 2.84. The van der Waals surface area contributed by atoms with Crippen LogP contribution in [0.5, 0.6) is 0 Å². The number of anilines is 1. The number of rotatable bonds is 5. The number of para-hydroxylation sites is 1. The van der Waals surface area contributed by atoms with Crippen molar-refractivity contribution in [3.05, 3.63) is 29.8 Å². The smallest absolute Gasteiger partial charge is 0.322 e. The van der Waals surface area contributed by atoms with Crippen molar-refractivity contribution in [3.8, 4) is 0 Å². The highest BCUT2D eigenvalue weighted by Gasteiger charge is 2.52. The van der Waals surface area contributed by atoms with Gasteiger partial charge in [0.2, 0.25) is 11.8 Å². The number of hydrazine groups is 1. The third kappa shape index (κ3) is 3.79. The monoisotopic (exact) mass is 426 g/mol. The molecule has 1 saturated carbocycles. The highest BCUT2D eigenvalue weighted by Crippen LogP contribution is 2.35. The van der Waals surface area contributed by atoms with Crippen LogP contribution >= 0.6 is 0 Å². The number of carbonyl (C=O) groups is 4. The van der Waals surface area contributed by atoms with E-state index in [-0.39, 0.29) is 24.8 Å². The summed E-state index contributed by atoms with van der Waals surface area (Å²) in [5.74, 6) is -1.34. The van der Waals surface area contributed by atoms with Gasteiger partial charge < -0.3 is 10.2 Å². The summed E-state index contributed by atoms with van der Waals surface area (Å²) in [4.78, 5) is 52.6. The van der Waals surface area contributed by atoms with Crippen LogP contribution in [0.4, 0.5) is 10.5 Å². The molecule has 8 nitrogen and oxygen atoms in total. The van der Waals surface area contributed by atoms with Gasteiger partial charge in [-0.15, -0.1) is 0 Å². The van der Waals surface area contributed by atoms with Gasteiger partial charge in [0.05, 0.1) is 5.92 Å². The van der Waals surface area contributed by atoms with Gasteiger partial charge in [0, 0.05) is 18.7 Å². The lowest BCUT2D eigenvalue weighted by Gasteiger charge is -2.30. The van der Waals surface area contributed by atoms with Crippen molar-refractivity contribution in [3.63, 3.8) is 0 Å². The summed E-state index contributed by atoms with van der Waals surface area (Å²) in [5.41, 5.74) is 3.50. The molecule has 3 fully saturated rings. The van der Waals surface area contributed by atoms with Crippen LogP contribution in [0.15, 0.2) is 24.3 Å². The largest absolute Gasteiger partial charge is 0.344 e. The molecule has 0 bridgehead atoms. The molecule has 1 aromatic rings. The van der Waals surface area contributed by atoms with E-state index in [9.17, 15) is 19.2 Å². The lowest BCUT2D eigenvalue weighted by Crippen LogP contribution is -2.52. The maximum atomic E-state index is 12.9. The molecule has 2 atom stereocenters. The van der Waals surface area contributed by atoms with Gasteiger partial charge in [-0.2, -0.15) is 5.01 Å². The second kappa shape index (κ2) is 8.32. The minimum Gasteiger partial charge on any atom is -0.322 e.